The number of morpholine rings is 1. The van der Waals surface area contributed by atoms with Gasteiger partial charge in [-0.05, 0) is 25.1 Å². The van der Waals surface area contributed by atoms with Gasteiger partial charge in [-0.25, -0.2) is 9.37 Å². The Morgan fingerprint density at radius 3 is 2.79 bits per heavy atom. The van der Waals surface area contributed by atoms with Crippen LogP contribution in [0.25, 0.3) is 0 Å². The van der Waals surface area contributed by atoms with Gasteiger partial charge in [-0.2, -0.15) is 0 Å². The van der Waals surface area contributed by atoms with Crippen LogP contribution in [0.3, 0.4) is 0 Å². The fourth-order valence-electron chi connectivity index (χ4n) is 3.07. The Balaban J connectivity index is 1.51. The summed E-state index contributed by atoms with van der Waals surface area (Å²) in [6, 6.07) is 10.4. The maximum Gasteiger partial charge on any atom is 0.191 e. The summed E-state index contributed by atoms with van der Waals surface area (Å²) in [5.74, 6) is 1.49. The lowest BCUT2D eigenvalue weighted by molar-refractivity contribution is 0.122. The van der Waals surface area contributed by atoms with Crippen LogP contribution in [0.5, 0.6) is 5.75 Å². The molecular weight excluding hydrogens is 373 g/mol. The molecule has 3 rings (SSSR count). The zero-order valence-electron chi connectivity index (χ0n) is 16.9. The normalized spacial score (nSPS) is 15.7. The minimum absolute atomic E-state index is 0.229. The third-order valence-electron chi connectivity index (χ3n) is 4.57. The highest BCUT2D eigenvalue weighted by atomic mass is 19.1. The number of para-hydroxylation sites is 1. The van der Waals surface area contributed by atoms with Crippen molar-refractivity contribution in [3.63, 3.8) is 0 Å². The van der Waals surface area contributed by atoms with Gasteiger partial charge in [-0.15, -0.1) is 0 Å². The van der Waals surface area contributed by atoms with Crippen LogP contribution in [-0.4, -0.2) is 56.9 Å². The smallest absolute Gasteiger partial charge is 0.191 e. The van der Waals surface area contributed by atoms with Gasteiger partial charge in [-0.3, -0.25) is 4.99 Å². The van der Waals surface area contributed by atoms with Gasteiger partial charge in [0.2, 0.25) is 0 Å². The Morgan fingerprint density at radius 1 is 1.24 bits per heavy atom. The van der Waals surface area contributed by atoms with Crippen LogP contribution in [-0.2, 0) is 11.3 Å². The predicted molar refractivity (Wildman–Crippen MR) is 112 cm³/mol. The average molecular weight is 401 g/mol. The van der Waals surface area contributed by atoms with Crippen molar-refractivity contribution in [2.24, 2.45) is 4.99 Å². The number of rotatable bonds is 7. The number of aliphatic imine (C=N–C) groups is 1. The highest BCUT2D eigenvalue weighted by Crippen LogP contribution is 2.18. The molecule has 1 fully saturated rings. The molecule has 0 spiro atoms. The summed E-state index contributed by atoms with van der Waals surface area (Å²) in [7, 11) is 1.71. The lowest BCUT2D eigenvalue weighted by Crippen LogP contribution is -2.42. The Kier molecular flexibility index (Phi) is 7.63. The summed E-state index contributed by atoms with van der Waals surface area (Å²) < 4.78 is 24.8. The minimum atomic E-state index is -0.367. The monoisotopic (exact) mass is 401 g/mol. The number of ether oxygens (including phenoxy) is 2. The molecule has 2 heterocycles. The van der Waals surface area contributed by atoms with E-state index < -0.39 is 0 Å². The van der Waals surface area contributed by atoms with Gasteiger partial charge in [0, 0.05) is 38.4 Å². The van der Waals surface area contributed by atoms with Gasteiger partial charge in [0.1, 0.15) is 11.9 Å². The summed E-state index contributed by atoms with van der Waals surface area (Å²) in [5, 5.41) is 6.52. The number of pyridine rings is 1. The van der Waals surface area contributed by atoms with Crippen LogP contribution in [0, 0.1) is 5.82 Å². The molecule has 0 bridgehead atoms. The second kappa shape index (κ2) is 10.6. The Hall–Kier alpha value is -2.87. The average Bonchev–Trinajstić information content (AvgIpc) is 2.76. The summed E-state index contributed by atoms with van der Waals surface area (Å²) >= 11 is 0. The molecule has 0 radical (unpaired) electrons. The van der Waals surface area contributed by atoms with Crippen LogP contribution in [0.1, 0.15) is 12.5 Å². The van der Waals surface area contributed by atoms with Crippen molar-refractivity contribution < 1.29 is 13.9 Å². The van der Waals surface area contributed by atoms with Crippen molar-refractivity contribution in [2.75, 3.05) is 44.8 Å². The van der Waals surface area contributed by atoms with Crippen molar-refractivity contribution >= 4 is 11.8 Å². The fourth-order valence-corrected chi connectivity index (χ4v) is 3.07. The molecule has 156 valence electrons. The zero-order chi connectivity index (χ0) is 20.5. The number of nitrogens with one attached hydrogen (secondary N) is 2. The molecule has 1 unspecified atom stereocenters. The molecule has 8 heteroatoms. The first-order chi connectivity index (χ1) is 14.2. The van der Waals surface area contributed by atoms with Crippen molar-refractivity contribution in [3.8, 4) is 5.75 Å². The molecule has 1 aliphatic heterocycles. The van der Waals surface area contributed by atoms with Gasteiger partial charge in [0.25, 0.3) is 0 Å². The van der Waals surface area contributed by atoms with E-state index in [-0.39, 0.29) is 17.7 Å². The number of aromatic nitrogens is 1. The van der Waals surface area contributed by atoms with Crippen molar-refractivity contribution in [1.29, 1.82) is 0 Å². The summed E-state index contributed by atoms with van der Waals surface area (Å²) in [5.41, 5.74) is 1.09. The molecule has 0 amide bonds. The molecular formula is C21H28FN5O2. The number of benzene rings is 1. The van der Waals surface area contributed by atoms with Gasteiger partial charge < -0.3 is 25.0 Å². The maximum absolute atomic E-state index is 13.7. The zero-order valence-corrected chi connectivity index (χ0v) is 16.9. The SMILES string of the molecule is CN=C(NCc1cccnc1N1CCOCC1)NCC(C)Oc1ccccc1F. The van der Waals surface area contributed by atoms with Crippen LogP contribution in [0.2, 0.25) is 0 Å². The van der Waals surface area contributed by atoms with E-state index in [0.717, 1.165) is 24.5 Å². The summed E-state index contributed by atoms with van der Waals surface area (Å²) in [6.45, 7) is 6.05. The van der Waals surface area contributed by atoms with E-state index in [9.17, 15) is 4.39 Å². The Bertz CT molecular complexity index is 811. The maximum atomic E-state index is 13.7. The van der Waals surface area contributed by atoms with Crippen LogP contribution < -0.4 is 20.3 Å². The van der Waals surface area contributed by atoms with E-state index >= 15 is 0 Å². The molecule has 1 aromatic carbocycles. The van der Waals surface area contributed by atoms with E-state index in [1.807, 2.05) is 19.2 Å². The third-order valence-corrected chi connectivity index (χ3v) is 4.57. The van der Waals surface area contributed by atoms with E-state index in [2.05, 4.69) is 31.6 Å². The van der Waals surface area contributed by atoms with Crippen LogP contribution in [0.15, 0.2) is 47.6 Å². The predicted octanol–water partition coefficient (Wildman–Crippen LogP) is 2.19. The molecule has 1 atom stereocenters. The van der Waals surface area contributed by atoms with Crippen molar-refractivity contribution in [3.05, 3.63) is 54.0 Å². The van der Waals surface area contributed by atoms with Gasteiger partial charge in [0.15, 0.2) is 17.5 Å². The number of halogens is 1. The number of nitrogens with zero attached hydrogens (tertiary/aromatic N) is 3. The second-order valence-electron chi connectivity index (χ2n) is 6.75. The molecule has 29 heavy (non-hydrogen) atoms. The highest BCUT2D eigenvalue weighted by Gasteiger charge is 2.16. The minimum Gasteiger partial charge on any atom is -0.486 e. The first-order valence-electron chi connectivity index (χ1n) is 9.79. The van der Waals surface area contributed by atoms with E-state index in [1.54, 1.807) is 25.2 Å². The lowest BCUT2D eigenvalue weighted by atomic mass is 10.2. The van der Waals surface area contributed by atoms with Gasteiger partial charge >= 0.3 is 0 Å². The van der Waals surface area contributed by atoms with Crippen molar-refractivity contribution in [2.45, 2.75) is 19.6 Å². The second-order valence-corrected chi connectivity index (χ2v) is 6.75. The summed E-state index contributed by atoms with van der Waals surface area (Å²) in [6.07, 6.45) is 1.58. The van der Waals surface area contributed by atoms with Gasteiger partial charge in [-0.1, -0.05) is 18.2 Å². The van der Waals surface area contributed by atoms with Crippen molar-refractivity contribution in [1.82, 2.24) is 15.6 Å². The molecule has 1 saturated heterocycles. The molecule has 7 nitrogen and oxygen atoms in total. The molecule has 2 aromatic rings. The van der Waals surface area contributed by atoms with Gasteiger partial charge in [0.05, 0.1) is 19.8 Å². The molecule has 0 saturated carbocycles. The third kappa shape index (κ3) is 6.05. The van der Waals surface area contributed by atoms with E-state index in [4.69, 9.17) is 9.47 Å². The molecule has 2 N–H and O–H groups in total. The standard InChI is InChI=1S/C21H28FN5O2/c1-16(29-19-8-4-3-7-18(19)22)14-25-21(23-2)26-15-17-6-5-9-24-20(17)27-10-12-28-13-11-27/h3-9,16H,10-15H2,1-2H3,(H2,23,25,26). The Morgan fingerprint density at radius 2 is 2.03 bits per heavy atom. The molecule has 1 aliphatic rings. The quantitative estimate of drug-likeness (QED) is 0.548. The molecule has 1 aromatic heterocycles. The Labute approximate surface area is 170 Å². The van der Waals surface area contributed by atoms with Crippen LogP contribution >= 0.6 is 0 Å². The number of anilines is 1. The van der Waals surface area contributed by atoms with E-state index in [1.165, 1.54) is 6.07 Å². The molecule has 0 aliphatic carbocycles. The number of hydrogen-bond acceptors (Lipinski definition) is 5. The first kappa shape index (κ1) is 20.9. The van der Waals surface area contributed by atoms with Crippen LogP contribution in [0.4, 0.5) is 10.2 Å². The topological polar surface area (TPSA) is 71.0 Å². The number of hydrogen-bond donors (Lipinski definition) is 2. The first-order valence-corrected chi connectivity index (χ1v) is 9.79. The lowest BCUT2D eigenvalue weighted by Gasteiger charge is -2.29. The fraction of sp³-hybridized carbons (Fsp3) is 0.429. The number of guanidine groups is 1. The summed E-state index contributed by atoms with van der Waals surface area (Å²) in [4.78, 5) is 11.0. The largest absolute Gasteiger partial charge is 0.486 e. The highest BCUT2D eigenvalue weighted by molar-refractivity contribution is 5.79. The van der Waals surface area contributed by atoms with E-state index in [0.29, 0.717) is 32.3 Å².